The van der Waals surface area contributed by atoms with Crippen LogP contribution < -0.4 is 4.74 Å². The summed E-state index contributed by atoms with van der Waals surface area (Å²) in [6.07, 6.45) is 2.75. The molecule has 4 aromatic rings. The quantitative estimate of drug-likeness (QED) is 0.292. The van der Waals surface area contributed by atoms with E-state index in [0.717, 1.165) is 21.3 Å². The van der Waals surface area contributed by atoms with Crippen LogP contribution in [-0.4, -0.2) is 28.8 Å². The van der Waals surface area contributed by atoms with Crippen LogP contribution in [-0.2, 0) is 16.5 Å². The molecule has 3 heterocycles. The molecule has 0 saturated carbocycles. The van der Waals surface area contributed by atoms with E-state index in [1.807, 2.05) is 17.7 Å². The van der Waals surface area contributed by atoms with Crippen molar-refractivity contribution in [3.05, 3.63) is 59.1 Å². The zero-order chi connectivity index (χ0) is 21.3. The number of nitrogens with zero attached hydrogens (tertiary/aromatic N) is 4. The van der Waals surface area contributed by atoms with Gasteiger partial charge in [0.1, 0.15) is 17.3 Å². The second-order valence-corrected chi connectivity index (χ2v) is 7.36. The predicted molar refractivity (Wildman–Crippen MR) is 111 cm³/mol. The van der Waals surface area contributed by atoms with E-state index >= 15 is 0 Å². The van der Waals surface area contributed by atoms with Crippen molar-refractivity contribution in [2.75, 3.05) is 14.2 Å². The summed E-state index contributed by atoms with van der Waals surface area (Å²) in [5.74, 6) is 0.480. The van der Waals surface area contributed by atoms with Gasteiger partial charge < -0.3 is 18.8 Å². The number of hydrogen-bond acceptors (Lipinski definition) is 8. The minimum atomic E-state index is -0.673. The van der Waals surface area contributed by atoms with E-state index in [9.17, 15) is 9.30 Å². The molecule has 0 N–H and O–H groups in total. The van der Waals surface area contributed by atoms with Gasteiger partial charge in [-0.2, -0.15) is 0 Å². The third kappa shape index (κ3) is 3.56. The lowest BCUT2D eigenvalue weighted by Gasteiger charge is -2.14. The number of methoxy groups -OCH3 is 2. The molecule has 30 heavy (non-hydrogen) atoms. The lowest BCUT2D eigenvalue weighted by molar-refractivity contribution is -0.110. The molecule has 0 spiro atoms. The number of halogens is 1. The Morgan fingerprint density at radius 3 is 2.63 bits per heavy atom. The molecular formula is C20H17FN4O4S. The van der Waals surface area contributed by atoms with Gasteiger partial charge in [-0.05, 0) is 23.4 Å². The molecule has 0 atom stereocenters. The van der Waals surface area contributed by atoms with Gasteiger partial charge in [-0.15, -0.1) is 16.2 Å². The highest BCUT2D eigenvalue weighted by atomic mass is 32.1. The minimum absolute atomic E-state index is 0.00542. The SMILES string of the molecule is COC(OC)c1cnc(-c2cc3nccc(Oc4ccc(N=O)cc4F)c3s2)n1C. The first-order valence-corrected chi connectivity index (χ1v) is 9.64. The number of benzene rings is 1. The van der Waals surface area contributed by atoms with Crippen molar-refractivity contribution < 1.29 is 18.6 Å². The third-order valence-electron chi connectivity index (χ3n) is 4.53. The monoisotopic (exact) mass is 428 g/mol. The number of thiophene rings is 1. The molecule has 10 heteroatoms. The van der Waals surface area contributed by atoms with E-state index in [0.29, 0.717) is 17.1 Å². The summed E-state index contributed by atoms with van der Waals surface area (Å²) < 4.78 is 33.2. The predicted octanol–water partition coefficient (Wildman–Crippen LogP) is 5.32. The Hall–Kier alpha value is -3.21. The number of nitroso groups, excluding NO2 is 1. The Morgan fingerprint density at radius 1 is 1.13 bits per heavy atom. The molecule has 0 aliphatic rings. The fourth-order valence-corrected chi connectivity index (χ4v) is 4.16. The van der Waals surface area contributed by atoms with Crippen LogP contribution in [0, 0.1) is 10.7 Å². The van der Waals surface area contributed by atoms with Gasteiger partial charge in [0, 0.05) is 39.6 Å². The molecule has 0 aliphatic carbocycles. The zero-order valence-corrected chi connectivity index (χ0v) is 17.1. The molecule has 0 amide bonds. The Labute approximate surface area is 174 Å². The average Bonchev–Trinajstić information content (AvgIpc) is 3.35. The van der Waals surface area contributed by atoms with E-state index in [-0.39, 0.29) is 11.4 Å². The molecule has 0 fully saturated rings. The molecule has 1 aromatic carbocycles. The summed E-state index contributed by atoms with van der Waals surface area (Å²) in [7, 11) is 4.99. The second-order valence-electron chi connectivity index (χ2n) is 6.31. The van der Waals surface area contributed by atoms with E-state index in [1.165, 1.54) is 23.5 Å². The number of pyridine rings is 1. The van der Waals surface area contributed by atoms with Gasteiger partial charge in [-0.1, -0.05) is 0 Å². The first kappa shape index (κ1) is 20.1. The summed E-state index contributed by atoms with van der Waals surface area (Å²) in [5.41, 5.74) is 1.45. The van der Waals surface area contributed by atoms with Gasteiger partial charge in [-0.3, -0.25) is 4.98 Å². The minimum Gasteiger partial charge on any atom is -0.453 e. The van der Waals surface area contributed by atoms with Gasteiger partial charge in [0.25, 0.3) is 0 Å². The molecule has 154 valence electrons. The maximum atomic E-state index is 14.2. The molecule has 0 bridgehead atoms. The highest BCUT2D eigenvalue weighted by Gasteiger charge is 2.20. The molecular weight excluding hydrogens is 411 g/mol. The van der Waals surface area contributed by atoms with Crippen molar-refractivity contribution in [1.29, 1.82) is 0 Å². The van der Waals surface area contributed by atoms with Gasteiger partial charge >= 0.3 is 0 Å². The Bertz CT molecular complexity index is 1220. The van der Waals surface area contributed by atoms with Gasteiger partial charge in [0.2, 0.25) is 0 Å². The standard InChI is InChI=1S/C20H17FN4O4S/c1-25-14(20(27-2)28-3)10-23-19(25)17-9-13-18(30-17)16(6-7-22-13)29-15-5-4-11(24-26)8-12(15)21/h4-10,20H,1-3H3. The summed E-state index contributed by atoms with van der Waals surface area (Å²) in [5, 5.41) is 2.72. The van der Waals surface area contributed by atoms with Gasteiger partial charge in [-0.25, -0.2) is 9.37 Å². The van der Waals surface area contributed by atoms with Crippen molar-refractivity contribution in [2.45, 2.75) is 6.29 Å². The first-order valence-electron chi connectivity index (χ1n) is 8.82. The van der Waals surface area contributed by atoms with Crippen LogP contribution in [0.1, 0.15) is 12.0 Å². The smallest absolute Gasteiger partial charge is 0.200 e. The van der Waals surface area contributed by atoms with Gasteiger partial charge in [0.15, 0.2) is 17.9 Å². The Balaban J connectivity index is 1.72. The van der Waals surface area contributed by atoms with Crippen molar-refractivity contribution in [3.63, 3.8) is 0 Å². The molecule has 8 nitrogen and oxygen atoms in total. The topological polar surface area (TPSA) is 87.8 Å². The van der Waals surface area contributed by atoms with Crippen LogP contribution in [0.2, 0.25) is 0 Å². The third-order valence-corrected chi connectivity index (χ3v) is 5.67. The first-order chi connectivity index (χ1) is 14.5. The summed E-state index contributed by atoms with van der Waals surface area (Å²) in [4.78, 5) is 20.3. The zero-order valence-electron chi connectivity index (χ0n) is 16.3. The maximum Gasteiger partial charge on any atom is 0.200 e. The van der Waals surface area contributed by atoms with Crippen molar-refractivity contribution >= 4 is 27.2 Å². The Kier molecular flexibility index (Phi) is 5.53. The van der Waals surface area contributed by atoms with Crippen LogP contribution >= 0.6 is 11.3 Å². The fourth-order valence-electron chi connectivity index (χ4n) is 3.06. The number of hydrogen-bond donors (Lipinski definition) is 0. The van der Waals surface area contributed by atoms with E-state index in [2.05, 4.69) is 15.1 Å². The van der Waals surface area contributed by atoms with Gasteiger partial charge in [0.05, 0.1) is 27.0 Å². The lowest BCUT2D eigenvalue weighted by atomic mass is 10.3. The van der Waals surface area contributed by atoms with Crippen LogP contribution in [0.25, 0.3) is 20.9 Å². The normalized spacial score (nSPS) is 11.4. The number of imidazole rings is 1. The largest absolute Gasteiger partial charge is 0.453 e. The summed E-state index contributed by atoms with van der Waals surface area (Å²) >= 11 is 1.42. The van der Waals surface area contributed by atoms with E-state index in [1.54, 1.807) is 32.7 Å². The Morgan fingerprint density at radius 2 is 1.93 bits per heavy atom. The van der Waals surface area contributed by atoms with Crippen molar-refractivity contribution in [3.8, 4) is 22.2 Å². The number of aromatic nitrogens is 3. The van der Waals surface area contributed by atoms with E-state index < -0.39 is 12.1 Å². The highest BCUT2D eigenvalue weighted by molar-refractivity contribution is 7.22. The van der Waals surface area contributed by atoms with Crippen molar-refractivity contribution in [2.24, 2.45) is 12.2 Å². The molecule has 0 unspecified atom stereocenters. The molecule has 0 radical (unpaired) electrons. The maximum absolute atomic E-state index is 14.2. The van der Waals surface area contributed by atoms with Crippen LogP contribution in [0.4, 0.5) is 10.1 Å². The highest BCUT2D eigenvalue weighted by Crippen LogP contribution is 2.40. The molecule has 3 aromatic heterocycles. The molecule has 0 saturated heterocycles. The molecule has 4 rings (SSSR count). The number of fused-ring (bicyclic) bond motifs is 1. The lowest BCUT2D eigenvalue weighted by Crippen LogP contribution is -2.09. The second kappa shape index (κ2) is 8.27. The van der Waals surface area contributed by atoms with E-state index in [4.69, 9.17) is 14.2 Å². The molecule has 0 aliphatic heterocycles. The van der Waals surface area contributed by atoms with Crippen LogP contribution in [0.5, 0.6) is 11.5 Å². The number of ether oxygens (including phenoxy) is 3. The van der Waals surface area contributed by atoms with Crippen LogP contribution in [0.15, 0.2) is 47.9 Å². The number of rotatable bonds is 7. The van der Waals surface area contributed by atoms with Crippen LogP contribution in [0.3, 0.4) is 0 Å². The average molecular weight is 428 g/mol. The summed E-state index contributed by atoms with van der Waals surface area (Å²) in [6.45, 7) is 0. The fraction of sp³-hybridized carbons (Fsp3) is 0.200. The van der Waals surface area contributed by atoms with Crippen molar-refractivity contribution in [1.82, 2.24) is 14.5 Å². The summed E-state index contributed by atoms with van der Waals surface area (Å²) in [6, 6.07) is 7.33.